The number of hydrogen-bond acceptors (Lipinski definition) is 3. The van der Waals surface area contributed by atoms with Gasteiger partial charge in [-0.1, -0.05) is 13.0 Å². The van der Waals surface area contributed by atoms with Crippen molar-refractivity contribution in [3.05, 3.63) is 31.4 Å². The highest BCUT2D eigenvalue weighted by Gasteiger charge is 1.95. The van der Waals surface area contributed by atoms with E-state index in [1.54, 1.807) is 6.20 Å². The van der Waals surface area contributed by atoms with Crippen LogP contribution in [-0.4, -0.2) is 22.1 Å². The Labute approximate surface area is 95.9 Å². The van der Waals surface area contributed by atoms with E-state index in [1.807, 2.05) is 12.5 Å². The summed E-state index contributed by atoms with van der Waals surface area (Å²) in [6.45, 7) is 4.84. The van der Waals surface area contributed by atoms with Gasteiger partial charge in [-0.15, -0.1) is 0 Å². The molecule has 0 saturated heterocycles. The number of carbonyl (C=O) groups is 1. The number of esters is 1. The van der Waals surface area contributed by atoms with E-state index in [-0.39, 0.29) is 5.97 Å². The molecular formula is C12H18N2O2. The highest BCUT2D eigenvalue weighted by Crippen LogP contribution is 2.02. The van der Waals surface area contributed by atoms with Crippen LogP contribution in [0.1, 0.15) is 25.7 Å². The molecule has 0 unspecified atom stereocenters. The van der Waals surface area contributed by atoms with Crippen molar-refractivity contribution < 1.29 is 9.53 Å². The second-order valence-corrected chi connectivity index (χ2v) is 3.59. The number of hydrogen-bond donors (Lipinski definition) is 0. The molecule has 0 spiro atoms. The summed E-state index contributed by atoms with van der Waals surface area (Å²) < 4.78 is 6.94. The monoisotopic (exact) mass is 222 g/mol. The molecule has 0 aliphatic heterocycles. The van der Waals surface area contributed by atoms with Gasteiger partial charge in [0.2, 0.25) is 0 Å². The zero-order valence-electron chi connectivity index (χ0n) is 9.47. The molecule has 0 fully saturated rings. The minimum atomic E-state index is -0.335. The van der Waals surface area contributed by atoms with Crippen molar-refractivity contribution in [1.29, 1.82) is 0 Å². The molecule has 1 aromatic rings. The summed E-state index contributed by atoms with van der Waals surface area (Å²) in [5.74, 6) is -0.335. The highest BCUT2D eigenvalue weighted by molar-refractivity contribution is 5.81. The molecule has 0 aromatic carbocycles. The lowest BCUT2D eigenvalue weighted by Crippen LogP contribution is -2.01. The average molecular weight is 222 g/mol. The van der Waals surface area contributed by atoms with Crippen LogP contribution in [0.5, 0.6) is 0 Å². The molecule has 0 saturated carbocycles. The van der Waals surface area contributed by atoms with Crippen LogP contribution in [0.2, 0.25) is 0 Å². The van der Waals surface area contributed by atoms with Crippen LogP contribution < -0.4 is 0 Å². The topological polar surface area (TPSA) is 44.1 Å². The zero-order chi connectivity index (χ0) is 11.6. The molecule has 0 atom stereocenters. The van der Waals surface area contributed by atoms with Gasteiger partial charge in [-0.3, -0.25) is 0 Å². The number of carbonyl (C=O) groups excluding carboxylic acids is 1. The minimum absolute atomic E-state index is 0.335. The maximum absolute atomic E-state index is 10.7. The number of unbranched alkanes of at least 4 members (excludes halogenated alkanes) is 3. The van der Waals surface area contributed by atoms with Crippen LogP contribution in [0.3, 0.4) is 0 Å². The molecule has 88 valence electrons. The summed E-state index contributed by atoms with van der Waals surface area (Å²) in [7, 11) is 0. The Bertz CT molecular complexity index is 307. The lowest BCUT2D eigenvalue weighted by Gasteiger charge is -2.03. The first-order valence-electron chi connectivity index (χ1n) is 5.58. The summed E-state index contributed by atoms with van der Waals surface area (Å²) >= 11 is 0. The van der Waals surface area contributed by atoms with Gasteiger partial charge in [0.15, 0.2) is 0 Å². The minimum Gasteiger partial charge on any atom is -0.463 e. The van der Waals surface area contributed by atoms with Crippen molar-refractivity contribution in [1.82, 2.24) is 9.55 Å². The molecule has 1 aromatic heterocycles. The number of aryl methyl sites for hydroxylation is 1. The molecular weight excluding hydrogens is 204 g/mol. The third kappa shape index (κ3) is 5.34. The van der Waals surface area contributed by atoms with E-state index in [0.29, 0.717) is 6.61 Å². The second kappa shape index (κ2) is 7.68. The molecule has 0 aliphatic carbocycles. The van der Waals surface area contributed by atoms with Crippen LogP contribution in [0, 0.1) is 0 Å². The van der Waals surface area contributed by atoms with Gasteiger partial charge in [-0.2, -0.15) is 0 Å². The predicted molar refractivity (Wildman–Crippen MR) is 61.9 cm³/mol. The van der Waals surface area contributed by atoms with Gasteiger partial charge in [0.05, 0.1) is 12.9 Å². The van der Waals surface area contributed by atoms with E-state index in [0.717, 1.165) is 32.2 Å². The van der Waals surface area contributed by atoms with Crippen molar-refractivity contribution in [2.45, 2.75) is 32.2 Å². The summed E-state index contributed by atoms with van der Waals surface area (Å²) in [5, 5.41) is 0. The van der Waals surface area contributed by atoms with Crippen molar-refractivity contribution in [3.63, 3.8) is 0 Å². The number of aromatic nitrogens is 2. The summed E-state index contributed by atoms with van der Waals surface area (Å²) in [5.41, 5.74) is 0. The molecule has 0 amide bonds. The van der Waals surface area contributed by atoms with Gasteiger partial charge in [-0.05, 0) is 19.3 Å². The van der Waals surface area contributed by atoms with E-state index >= 15 is 0 Å². The van der Waals surface area contributed by atoms with Gasteiger partial charge < -0.3 is 9.30 Å². The standard InChI is InChI=1S/C12H18N2O2/c1-2-12(15)16-10-6-4-3-5-8-14-9-7-13-11-14/h2,7,9,11H,1,3-6,8,10H2. The van der Waals surface area contributed by atoms with E-state index in [9.17, 15) is 4.79 Å². The normalized spacial score (nSPS) is 10.0. The third-order valence-electron chi connectivity index (χ3n) is 2.28. The lowest BCUT2D eigenvalue weighted by atomic mass is 10.2. The highest BCUT2D eigenvalue weighted by atomic mass is 16.5. The van der Waals surface area contributed by atoms with Crippen LogP contribution in [0.25, 0.3) is 0 Å². The number of ether oxygens (including phenoxy) is 1. The van der Waals surface area contributed by atoms with Crippen molar-refractivity contribution in [2.24, 2.45) is 0 Å². The molecule has 1 rings (SSSR count). The van der Waals surface area contributed by atoms with Gasteiger partial charge in [0.25, 0.3) is 0 Å². The molecule has 0 bridgehead atoms. The third-order valence-corrected chi connectivity index (χ3v) is 2.28. The Kier molecular flexibility index (Phi) is 5.99. The largest absolute Gasteiger partial charge is 0.463 e. The molecule has 16 heavy (non-hydrogen) atoms. The SMILES string of the molecule is C=CC(=O)OCCCCCCn1ccnc1. The number of imidazole rings is 1. The van der Waals surface area contributed by atoms with Crippen LogP contribution in [-0.2, 0) is 16.1 Å². The van der Waals surface area contributed by atoms with Gasteiger partial charge in [0, 0.05) is 25.0 Å². The fourth-order valence-electron chi connectivity index (χ4n) is 1.40. The first-order chi connectivity index (χ1) is 7.83. The molecule has 0 aliphatic rings. The summed E-state index contributed by atoms with van der Waals surface area (Å²) in [6, 6.07) is 0. The van der Waals surface area contributed by atoms with Gasteiger partial charge >= 0.3 is 5.97 Å². The quantitative estimate of drug-likeness (QED) is 0.384. The molecule has 0 radical (unpaired) electrons. The first kappa shape index (κ1) is 12.5. The predicted octanol–water partition coefficient (Wildman–Crippen LogP) is 2.17. The van der Waals surface area contributed by atoms with Crippen molar-refractivity contribution in [2.75, 3.05) is 6.61 Å². The van der Waals surface area contributed by atoms with Crippen molar-refractivity contribution in [3.8, 4) is 0 Å². The smallest absolute Gasteiger partial charge is 0.330 e. The molecule has 4 nitrogen and oxygen atoms in total. The average Bonchev–Trinajstić information content (AvgIpc) is 2.80. The van der Waals surface area contributed by atoms with E-state index in [2.05, 4.69) is 16.1 Å². The zero-order valence-corrected chi connectivity index (χ0v) is 9.47. The molecule has 0 N–H and O–H groups in total. The lowest BCUT2D eigenvalue weighted by molar-refractivity contribution is -0.137. The molecule has 1 heterocycles. The first-order valence-corrected chi connectivity index (χ1v) is 5.58. The fraction of sp³-hybridized carbons (Fsp3) is 0.500. The van der Waals surface area contributed by atoms with Crippen LogP contribution >= 0.6 is 0 Å². The Morgan fingerprint density at radius 1 is 1.38 bits per heavy atom. The number of nitrogens with zero attached hydrogens (tertiary/aromatic N) is 2. The fourth-order valence-corrected chi connectivity index (χ4v) is 1.40. The molecule has 4 heteroatoms. The van der Waals surface area contributed by atoms with Gasteiger partial charge in [-0.25, -0.2) is 9.78 Å². The Balaban J connectivity index is 1.89. The van der Waals surface area contributed by atoms with E-state index in [1.165, 1.54) is 6.08 Å². The maximum Gasteiger partial charge on any atom is 0.330 e. The van der Waals surface area contributed by atoms with E-state index in [4.69, 9.17) is 4.74 Å². The Morgan fingerprint density at radius 2 is 2.19 bits per heavy atom. The Morgan fingerprint density at radius 3 is 2.88 bits per heavy atom. The summed E-state index contributed by atoms with van der Waals surface area (Å²) in [6.07, 6.45) is 11.0. The van der Waals surface area contributed by atoms with Crippen LogP contribution in [0.4, 0.5) is 0 Å². The second-order valence-electron chi connectivity index (χ2n) is 3.59. The maximum atomic E-state index is 10.7. The van der Waals surface area contributed by atoms with Crippen molar-refractivity contribution >= 4 is 5.97 Å². The van der Waals surface area contributed by atoms with Gasteiger partial charge in [0.1, 0.15) is 0 Å². The van der Waals surface area contributed by atoms with E-state index < -0.39 is 0 Å². The van der Waals surface area contributed by atoms with Crippen LogP contribution in [0.15, 0.2) is 31.4 Å². The number of rotatable bonds is 8. The Hall–Kier alpha value is -1.58. The summed E-state index contributed by atoms with van der Waals surface area (Å²) in [4.78, 5) is 14.7.